The number of carbonyl (C=O) groups excluding carboxylic acids is 2. The van der Waals surface area contributed by atoms with Crippen molar-refractivity contribution in [2.45, 2.75) is 19.8 Å². The van der Waals surface area contributed by atoms with E-state index in [2.05, 4.69) is 12.2 Å². The van der Waals surface area contributed by atoms with Gasteiger partial charge in [0.15, 0.2) is 0 Å². The number of hydrogen-bond donors (Lipinski definition) is 2. The third kappa shape index (κ3) is 4.81. The highest BCUT2D eigenvalue weighted by Crippen LogP contribution is 2.14. The Kier molecular flexibility index (Phi) is 7.08. The van der Waals surface area contributed by atoms with Crippen LogP contribution in [0.1, 0.15) is 19.8 Å². The van der Waals surface area contributed by atoms with Crippen LogP contribution in [-0.2, 0) is 9.59 Å². The Bertz CT molecular complexity index is 248. The van der Waals surface area contributed by atoms with Crippen LogP contribution in [-0.4, -0.2) is 42.9 Å². The Morgan fingerprint density at radius 2 is 2.19 bits per heavy atom. The van der Waals surface area contributed by atoms with E-state index < -0.39 is 0 Å². The molecule has 0 spiro atoms. The number of halogens is 1. The van der Waals surface area contributed by atoms with Crippen molar-refractivity contribution in [2.24, 2.45) is 11.7 Å². The predicted molar refractivity (Wildman–Crippen MR) is 64.3 cm³/mol. The van der Waals surface area contributed by atoms with Crippen LogP contribution in [0.4, 0.5) is 0 Å². The Labute approximate surface area is 102 Å². The third-order valence-electron chi connectivity index (χ3n) is 2.63. The molecule has 0 saturated carbocycles. The Morgan fingerprint density at radius 3 is 2.75 bits per heavy atom. The summed E-state index contributed by atoms with van der Waals surface area (Å²) in [6.45, 7) is 3.75. The molecule has 0 aromatic rings. The molecule has 0 aliphatic carbocycles. The number of carbonyl (C=O) groups is 2. The molecule has 2 amide bonds. The van der Waals surface area contributed by atoms with E-state index in [9.17, 15) is 9.59 Å². The molecule has 3 N–H and O–H groups in total. The molecule has 0 aromatic carbocycles. The Hall–Kier alpha value is -0.810. The molecule has 1 fully saturated rings. The van der Waals surface area contributed by atoms with Crippen molar-refractivity contribution in [2.75, 3.05) is 26.2 Å². The lowest BCUT2D eigenvalue weighted by molar-refractivity contribution is -0.134. The summed E-state index contributed by atoms with van der Waals surface area (Å²) in [4.78, 5) is 24.3. The van der Waals surface area contributed by atoms with Crippen LogP contribution in [0.3, 0.4) is 0 Å². The van der Waals surface area contributed by atoms with Gasteiger partial charge in [-0.05, 0) is 18.8 Å². The maximum Gasteiger partial charge on any atom is 0.241 e. The summed E-state index contributed by atoms with van der Waals surface area (Å²) in [7, 11) is 0. The van der Waals surface area contributed by atoms with Crippen LogP contribution >= 0.6 is 12.4 Å². The second-order valence-electron chi connectivity index (χ2n) is 4.07. The van der Waals surface area contributed by atoms with Gasteiger partial charge in [0.05, 0.1) is 13.1 Å². The summed E-state index contributed by atoms with van der Waals surface area (Å²) in [6, 6.07) is 0. The summed E-state index contributed by atoms with van der Waals surface area (Å²) >= 11 is 0. The lowest BCUT2D eigenvalue weighted by atomic mass is 10.0. The predicted octanol–water partition coefficient (Wildman–Crippen LogP) is -0.258. The number of amides is 2. The van der Waals surface area contributed by atoms with Gasteiger partial charge in [0.2, 0.25) is 11.8 Å². The zero-order valence-corrected chi connectivity index (χ0v) is 10.4. The van der Waals surface area contributed by atoms with Crippen molar-refractivity contribution < 1.29 is 9.59 Å². The molecule has 1 heterocycles. The molecule has 16 heavy (non-hydrogen) atoms. The first-order valence-corrected chi connectivity index (χ1v) is 5.38. The minimum Gasteiger partial charge on any atom is -0.346 e. The van der Waals surface area contributed by atoms with Crippen LogP contribution in [0, 0.1) is 5.92 Å². The first-order chi connectivity index (χ1) is 7.13. The smallest absolute Gasteiger partial charge is 0.241 e. The molecular weight excluding hydrogens is 230 g/mol. The van der Waals surface area contributed by atoms with Crippen molar-refractivity contribution in [3.63, 3.8) is 0 Å². The lowest BCUT2D eigenvalue weighted by Gasteiger charge is -2.30. The van der Waals surface area contributed by atoms with E-state index in [4.69, 9.17) is 5.73 Å². The molecule has 1 atom stereocenters. The average molecular weight is 250 g/mol. The van der Waals surface area contributed by atoms with Crippen LogP contribution < -0.4 is 11.1 Å². The fourth-order valence-electron chi connectivity index (χ4n) is 1.77. The first-order valence-electron chi connectivity index (χ1n) is 5.38. The second kappa shape index (κ2) is 7.46. The average Bonchev–Trinajstić information content (AvgIpc) is 2.25. The van der Waals surface area contributed by atoms with Gasteiger partial charge in [-0.1, -0.05) is 6.92 Å². The van der Waals surface area contributed by atoms with Crippen LogP contribution in [0.25, 0.3) is 0 Å². The zero-order chi connectivity index (χ0) is 11.3. The van der Waals surface area contributed by atoms with Gasteiger partial charge in [-0.15, -0.1) is 12.4 Å². The Morgan fingerprint density at radius 1 is 1.50 bits per heavy atom. The van der Waals surface area contributed by atoms with Gasteiger partial charge in [0.25, 0.3) is 0 Å². The molecule has 5 nitrogen and oxygen atoms in total. The number of likely N-dealkylation sites (tertiary alicyclic amines) is 1. The lowest BCUT2D eigenvalue weighted by Crippen LogP contribution is -2.45. The van der Waals surface area contributed by atoms with E-state index in [0.717, 1.165) is 19.5 Å². The van der Waals surface area contributed by atoms with E-state index in [1.54, 1.807) is 0 Å². The van der Waals surface area contributed by atoms with Gasteiger partial charge in [-0.25, -0.2) is 0 Å². The maximum atomic E-state index is 11.6. The number of hydrogen-bond acceptors (Lipinski definition) is 3. The molecule has 1 saturated heterocycles. The second-order valence-corrected chi connectivity index (χ2v) is 4.07. The van der Waals surface area contributed by atoms with Crippen molar-refractivity contribution >= 4 is 24.2 Å². The van der Waals surface area contributed by atoms with Crippen molar-refractivity contribution in [3.8, 4) is 0 Å². The molecule has 0 bridgehead atoms. The number of nitrogens with zero attached hydrogens (tertiary/aromatic N) is 1. The monoisotopic (exact) mass is 249 g/mol. The van der Waals surface area contributed by atoms with Crippen LogP contribution in [0.2, 0.25) is 0 Å². The minimum atomic E-state index is -0.284. The maximum absolute atomic E-state index is 11.6. The highest BCUT2D eigenvalue weighted by molar-refractivity contribution is 5.85. The first kappa shape index (κ1) is 15.2. The summed E-state index contributed by atoms with van der Waals surface area (Å²) in [5.41, 5.74) is 5.12. The molecule has 0 radical (unpaired) electrons. The van der Waals surface area contributed by atoms with Gasteiger partial charge < -0.3 is 16.0 Å². The fraction of sp³-hybridized carbons (Fsp3) is 0.800. The molecule has 0 aromatic heterocycles. The van der Waals surface area contributed by atoms with E-state index in [1.165, 1.54) is 6.42 Å². The van der Waals surface area contributed by atoms with Crippen molar-refractivity contribution in [3.05, 3.63) is 0 Å². The minimum absolute atomic E-state index is 0. The van der Waals surface area contributed by atoms with Gasteiger partial charge in [0, 0.05) is 13.1 Å². The van der Waals surface area contributed by atoms with Gasteiger partial charge in [-0.3, -0.25) is 9.59 Å². The van der Waals surface area contributed by atoms with E-state index in [0.29, 0.717) is 5.92 Å². The molecule has 1 unspecified atom stereocenters. The highest BCUT2D eigenvalue weighted by atomic mass is 35.5. The van der Waals surface area contributed by atoms with Gasteiger partial charge in [-0.2, -0.15) is 0 Å². The number of nitrogens with two attached hydrogens (primary N) is 1. The van der Waals surface area contributed by atoms with E-state index >= 15 is 0 Å². The molecule has 1 rings (SSSR count). The zero-order valence-electron chi connectivity index (χ0n) is 9.57. The van der Waals surface area contributed by atoms with Crippen molar-refractivity contribution in [1.82, 2.24) is 10.2 Å². The summed E-state index contributed by atoms with van der Waals surface area (Å²) in [5, 5.41) is 2.49. The Balaban J connectivity index is 0.00000225. The molecule has 94 valence electrons. The van der Waals surface area contributed by atoms with E-state index in [1.807, 2.05) is 4.90 Å². The summed E-state index contributed by atoms with van der Waals surface area (Å²) in [6.07, 6.45) is 2.23. The van der Waals surface area contributed by atoms with Crippen molar-refractivity contribution in [1.29, 1.82) is 0 Å². The number of rotatable bonds is 3. The van der Waals surface area contributed by atoms with Gasteiger partial charge in [0.1, 0.15) is 0 Å². The topological polar surface area (TPSA) is 75.4 Å². The normalized spacial score (nSPS) is 19.9. The standard InChI is InChI=1S/C10H19N3O2.ClH/c1-8-3-2-4-13(7-8)10(15)6-12-9(14)5-11;/h8H,2-7,11H2,1H3,(H,12,14);1H. The highest BCUT2D eigenvalue weighted by Gasteiger charge is 2.20. The molecule has 1 aliphatic rings. The molecule has 6 heteroatoms. The quantitative estimate of drug-likeness (QED) is 0.724. The number of nitrogens with one attached hydrogen (secondary N) is 1. The number of piperidine rings is 1. The third-order valence-corrected chi connectivity index (χ3v) is 2.63. The largest absolute Gasteiger partial charge is 0.346 e. The SMILES string of the molecule is CC1CCCN(C(=O)CNC(=O)CN)C1.Cl. The fourth-order valence-corrected chi connectivity index (χ4v) is 1.77. The van der Waals surface area contributed by atoms with Crippen LogP contribution in [0.5, 0.6) is 0 Å². The van der Waals surface area contributed by atoms with Gasteiger partial charge >= 0.3 is 0 Å². The summed E-state index contributed by atoms with van der Waals surface area (Å²) < 4.78 is 0. The van der Waals surface area contributed by atoms with E-state index in [-0.39, 0.29) is 37.3 Å². The molecular formula is C10H20ClN3O2. The molecule has 1 aliphatic heterocycles. The van der Waals surface area contributed by atoms with Crippen LogP contribution in [0.15, 0.2) is 0 Å². The summed E-state index contributed by atoms with van der Waals surface area (Å²) in [5.74, 6) is 0.268.